The summed E-state index contributed by atoms with van der Waals surface area (Å²) in [5, 5.41) is 5.70. The van der Waals surface area contributed by atoms with Crippen LogP contribution in [0.5, 0.6) is 5.75 Å². The highest BCUT2D eigenvalue weighted by atomic mass is 32.3. The summed E-state index contributed by atoms with van der Waals surface area (Å²) >= 11 is 0. The molecular weight excluding hydrogens is 438 g/mol. The molecule has 1 heterocycles. The molecule has 33 heavy (non-hydrogen) atoms. The van der Waals surface area contributed by atoms with Gasteiger partial charge in [-0.1, -0.05) is 12.1 Å². The number of nitrogens with zero attached hydrogens (tertiary/aromatic N) is 1. The lowest BCUT2D eigenvalue weighted by Crippen LogP contribution is -2.38. The molecule has 0 radical (unpaired) electrons. The normalized spacial score (nSPS) is 12.5. The van der Waals surface area contributed by atoms with Crippen molar-refractivity contribution in [1.82, 2.24) is 9.88 Å². The Morgan fingerprint density at radius 1 is 0.939 bits per heavy atom. The summed E-state index contributed by atoms with van der Waals surface area (Å²) in [5.41, 5.74) is 1.14. The molecule has 2 amide bonds. The maximum absolute atomic E-state index is 13.2. The highest BCUT2D eigenvalue weighted by Crippen LogP contribution is 2.45. The zero-order chi connectivity index (χ0) is 24.0. The second kappa shape index (κ2) is 10.4. The Hall–Kier alpha value is -3.52. The molecule has 0 aliphatic heterocycles. The Balaban J connectivity index is 1.79. The molecule has 2 N–H and O–H groups in total. The summed E-state index contributed by atoms with van der Waals surface area (Å²) in [5.74, 6) is -0.0664. The van der Waals surface area contributed by atoms with Gasteiger partial charge in [-0.25, -0.2) is 10.0 Å². The molecule has 7 nitrogen and oxygen atoms in total. The molecule has 0 aliphatic carbocycles. The fourth-order valence-electron chi connectivity index (χ4n) is 3.18. The van der Waals surface area contributed by atoms with Crippen LogP contribution < -0.4 is 20.8 Å². The van der Waals surface area contributed by atoms with Crippen LogP contribution in [0.4, 0.5) is 5.69 Å². The van der Waals surface area contributed by atoms with Crippen molar-refractivity contribution in [2.24, 2.45) is 0 Å². The third-order valence-electron chi connectivity index (χ3n) is 5.03. The Bertz CT molecular complexity index is 1150. The fourth-order valence-corrected chi connectivity index (χ4v) is 4.13. The van der Waals surface area contributed by atoms with E-state index in [1.165, 1.54) is 29.4 Å². The maximum atomic E-state index is 13.2. The van der Waals surface area contributed by atoms with E-state index < -0.39 is 16.1 Å². The number of aromatic nitrogens is 1. The van der Waals surface area contributed by atoms with Gasteiger partial charge in [0.1, 0.15) is 18.3 Å². The van der Waals surface area contributed by atoms with Gasteiger partial charge in [0.2, 0.25) is 5.91 Å². The lowest BCUT2D eigenvalue weighted by atomic mass is 10.1. The first kappa shape index (κ1) is 24.1. The summed E-state index contributed by atoms with van der Waals surface area (Å²) < 4.78 is 6.78. The van der Waals surface area contributed by atoms with Crippen molar-refractivity contribution in [3.05, 3.63) is 88.8 Å². The van der Waals surface area contributed by atoms with Gasteiger partial charge in [-0.15, -0.1) is 0 Å². The van der Waals surface area contributed by atoms with E-state index in [-0.39, 0.29) is 23.8 Å². The Morgan fingerprint density at radius 3 is 2.09 bits per heavy atom. The maximum Gasteiger partial charge on any atom is 0.251 e. The van der Waals surface area contributed by atoms with Gasteiger partial charge < -0.3 is 19.9 Å². The van der Waals surface area contributed by atoms with Crippen LogP contribution in [0.1, 0.15) is 11.6 Å². The second-order valence-electron chi connectivity index (χ2n) is 8.33. The Labute approximate surface area is 195 Å². The first-order valence-electron chi connectivity index (χ1n) is 10.3. The fraction of sp³-hybridized carbons (Fsp3) is 0.240. The monoisotopic (exact) mass is 467 g/mol. The molecule has 0 saturated carbocycles. The third kappa shape index (κ3) is 6.73. The van der Waals surface area contributed by atoms with E-state index in [0.717, 1.165) is 0 Å². The predicted molar refractivity (Wildman–Crippen MR) is 133 cm³/mol. The van der Waals surface area contributed by atoms with E-state index in [1.807, 2.05) is 24.3 Å². The average Bonchev–Trinajstić information content (AvgIpc) is 2.79. The highest BCUT2D eigenvalue weighted by molar-refractivity contribution is 8.32. The molecule has 0 spiro atoms. The van der Waals surface area contributed by atoms with Gasteiger partial charge >= 0.3 is 0 Å². The average molecular weight is 468 g/mol. The number of carbonyl (C=O) groups is 2. The molecular formula is C25H29N3O4S. The van der Waals surface area contributed by atoms with Crippen LogP contribution in [0.25, 0.3) is 0 Å². The SMILES string of the molecule is COc1ccc(C(NC(=O)Cn2ccc(=O)cc2)C(=O)Nc2ccc(S(C)(C)C)cc2)cc1. The number of amides is 2. The van der Waals surface area contributed by atoms with Crippen LogP contribution in [-0.2, 0) is 16.1 Å². The number of carbonyl (C=O) groups excluding carboxylic acids is 2. The number of methoxy groups -OCH3 is 1. The zero-order valence-corrected chi connectivity index (χ0v) is 20.0. The molecule has 3 rings (SSSR count). The van der Waals surface area contributed by atoms with E-state index in [1.54, 1.807) is 35.9 Å². The molecule has 2 aromatic carbocycles. The molecule has 8 heteroatoms. The van der Waals surface area contributed by atoms with Gasteiger partial charge in [0.05, 0.1) is 7.11 Å². The summed E-state index contributed by atoms with van der Waals surface area (Å²) in [4.78, 5) is 38.4. The van der Waals surface area contributed by atoms with Crippen molar-refractivity contribution in [3.8, 4) is 5.75 Å². The molecule has 1 atom stereocenters. The molecule has 0 fully saturated rings. The number of nitrogens with one attached hydrogen (secondary N) is 2. The number of rotatable bonds is 8. The summed E-state index contributed by atoms with van der Waals surface area (Å²) in [7, 11) is 0.698. The van der Waals surface area contributed by atoms with Crippen LogP contribution in [0.3, 0.4) is 0 Å². The summed E-state index contributed by atoms with van der Waals surface area (Å²) in [6.07, 6.45) is 9.68. The summed E-state index contributed by atoms with van der Waals surface area (Å²) in [6, 6.07) is 16.6. The smallest absolute Gasteiger partial charge is 0.251 e. The van der Waals surface area contributed by atoms with E-state index in [4.69, 9.17) is 4.74 Å². The molecule has 0 aliphatic rings. The molecule has 3 aromatic rings. The van der Waals surface area contributed by atoms with E-state index in [9.17, 15) is 14.4 Å². The van der Waals surface area contributed by atoms with Crippen molar-refractivity contribution in [2.75, 3.05) is 31.2 Å². The van der Waals surface area contributed by atoms with E-state index >= 15 is 0 Å². The topological polar surface area (TPSA) is 89.4 Å². The number of hydrogen-bond acceptors (Lipinski definition) is 4. The van der Waals surface area contributed by atoms with Crippen molar-refractivity contribution >= 4 is 27.5 Å². The molecule has 1 unspecified atom stereocenters. The third-order valence-corrected chi connectivity index (χ3v) is 6.72. The Morgan fingerprint density at radius 2 is 1.55 bits per heavy atom. The standard InChI is InChI=1S/C25H29N3O4S/c1-32-21-9-5-18(6-10-21)24(27-23(30)17-28-15-13-20(29)14-16-28)25(31)26-19-7-11-22(12-8-19)33(2,3)4/h5-16,24H,17H2,1-4H3,(H,26,31)(H,27,30). The first-order chi connectivity index (χ1) is 15.7. The van der Waals surface area contributed by atoms with Crippen LogP contribution in [-0.4, -0.2) is 42.3 Å². The van der Waals surface area contributed by atoms with Crippen LogP contribution in [0.15, 0.2) is 82.7 Å². The minimum absolute atomic E-state index is 0.0245. The lowest BCUT2D eigenvalue weighted by molar-refractivity contribution is -0.127. The number of ether oxygens (including phenoxy) is 1. The minimum Gasteiger partial charge on any atom is -0.497 e. The lowest BCUT2D eigenvalue weighted by Gasteiger charge is -2.26. The van der Waals surface area contributed by atoms with Crippen molar-refractivity contribution < 1.29 is 14.3 Å². The van der Waals surface area contributed by atoms with Gasteiger partial charge in [0.15, 0.2) is 5.43 Å². The Kier molecular flexibility index (Phi) is 7.60. The van der Waals surface area contributed by atoms with Gasteiger partial charge in [0, 0.05) is 30.2 Å². The van der Waals surface area contributed by atoms with Gasteiger partial charge in [-0.2, -0.15) is 0 Å². The van der Waals surface area contributed by atoms with Gasteiger partial charge in [-0.05, 0) is 65.6 Å². The van der Waals surface area contributed by atoms with Crippen LogP contribution >= 0.6 is 10.0 Å². The van der Waals surface area contributed by atoms with E-state index in [2.05, 4.69) is 29.4 Å². The summed E-state index contributed by atoms with van der Waals surface area (Å²) in [6.45, 7) is -0.0245. The molecule has 0 bridgehead atoms. The van der Waals surface area contributed by atoms with Crippen molar-refractivity contribution in [1.29, 1.82) is 0 Å². The molecule has 174 valence electrons. The number of benzene rings is 2. The zero-order valence-electron chi connectivity index (χ0n) is 19.2. The van der Waals surface area contributed by atoms with Crippen molar-refractivity contribution in [2.45, 2.75) is 17.5 Å². The largest absolute Gasteiger partial charge is 0.497 e. The number of anilines is 1. The number of pyridine rings is 1. The molecule has 1 aromatic heterocycles. The highest BCUT2D eigenvalue weighted by Gasteiger charge is 2.23. The number of hydrogen-bond donors (Lipinski definition) is 2. The first-order valence-corrected chi connectivity index (χ1v) is 13.2. The van der Waals surface area contributed by atoms with Crippen molar-refractivity contribution in [3.63, 3.8) is 0 Å². The van der Waals surface area contributed by atoms with Gasteiger partial charge in [-0.3, -0.25) is 14.4 Å². The minimum atomic E-state index is -0.907. The quantitative estimate of drug-likeness (QED) is 0.531. The second-order valence-corrected chi connectivity index (χ2v) is 12.5. The van der Waals surface area contributed by atoms with Crippen LogP contribution in [0.2, 0.25) is 0 Å². The van der Waals surface area contributed by atoms with E-state index in [0.29, 0.717) is 17.0 Å². The predicted octanol–water partition coefficient (Wildman–Crippen LogP) is 3.41. The van der Waals surface area contributed by atoms with Crippen LogP contribution in [0, 0.1) is 0 Å². The van der Waals surface area contributed by atoms with Gasteiger partial charge in [0.25, 0.3) is 5.91 Å². The molecule has 0 saturated heterocycles.